The summed E-state index contributed by atoms with van der Waals surface area (Å²) >= 11 is 0. The van der Waals surface area contributed by atoms with Gasteiger partial charge in [-0.3, -0.25) is 9.59 Å². The van der Waals surface area contributed by atoms with Crippen molar-refractivity contribution in [1.82, 2.24) is 20.1 Å². The number of fused-ring (bicyclic) bond motifs is 1. The number of ether oxygens (including phenoxy) is 1. The highest BCUT2D eigenvalue weighted by molar-refractivity contribution is 6.45. The van der Waals surface area contributed by atoms with Crippen LogP contribution < -0.4 is 20.8 Å². The second-order valence-corrected chi connectivity index (χ2v) is 8.78. The maximum absolute atomic E-state index is 13.4. The molecule has 0 aliphatic carbocycles. The molecule has 11 heteroatoms. The van der Waals surface area contributed by atoms with E-state index in [9.17, 15) is 9.59 Å². The Kier molecular flexibility index (Phi) is 6.90. The van der Waals surface area contributed by atoms with Gasteiger partial charge in [-0.2, -0.15) is 0 Å². The van der Waals surface area contributed by atoms with Gasteiger partial charge in [-0.05, 0) is 18.4 Å². The van der Waals surface area contributed by atoms with Crippen molar-refractivity contribution in [2.75, 3.05) is 25.5 Å². The van der Waals surface area contributed by atoms with Crippen LogP contribution in [0, 0.1) is 6.92 Å². The van der Waals surface area contributed by atoms with Crippen LogP contribution in [0.15, 0.2) is 65.1 Å². The van der Waals surface area contributed by atoms with Crippen LogP contribution in [0.1, 0.15) is 40.5 Å². The van der Waals surface area contributed by atoms with Crippen LogP contribution in [-0.2, 0) is 4.79 Å². The van der Waals surface area contributed by atoms with E-state index in [1.807, 2.05) is 30.3 Å². The molecule has 1 aromatic carbocycles. The van der Waals surface area contributed by atoms with E-state index >= 15 is 0 Å². The summed E-state index contributed by atoms with van der Waals surface area (Å²) in [7, 11) is 1.51. The first-order chi connectivity index (χ1) is 18.5. The molecule has 5 rings (SSSR count). The van der Waals surface area contributed by atoms with Gasteiger partial charge in [0.1, 0.15) is 17.9 Å². The number of Topliss-reactive ketones (excluding diaryl/α,β-unsaturated/α-hetero) is 1. The first-order valence-electron chi connectivity index (χ1n) is 12.2. The van der Waals surface area contributed by atoms with E-state index in [-0.39, 0.29) is 5.56 Å². The molecule has 0 unspecified atom stereocenters. The van der Waals surface area contributed by atoms with E-state index in [2.05, 4.69) is 25.5 Å². The molecule has 0 spiro atoms. The maximum Gasteiger partial charge on any atom is 0.301 e. The number of ketones is 1. The highest BCUT2D eigenvalue weighted by Gasteiger charge is 2.31. The van der Waals surface area contributed by atoms with Crippen LogP contribution in [0.5, 0.6) is 5.75 Å². The van der Waals surface area contributed by atoms with E-state index in [0.29, 0.717) is 60.2 Å². The van der Waals surface area contributed by atoms with Gasteiger partial charge >= 0.3 is 5.82 Å². The van der Waals surface area contributed by atoms with Crippen molar-refractivity contribution in [2.45, 2.75) is 19.8 Å². The lowest BCUT2D eigenvalue weighted by Crippen LogP contribution is -2.40. The lowest BCUT2D eigenvalue weighted by Gasteiger charge is -2.29. The summed E-state index contributed by atoms with van der Waals surface area (Å²) in [5.41, 5.74) is 9.22. The van der Waals surface area contributed by atoms with Crippen molar-refractivity contribution in [2.24, 2.45) is 5.73 Å². The second-order valence-electron chi connectivity index (χ2n) is 8.78. The standard InChI is InChI=1S/C27H27N7O4/c1-16-32-33-26(38-16)21(17-6-4-3-5-7-17)18-8-12-34(13-9-18)27(36)24(35)19-14-30-23-22(19)20(37-2)15-31-25(23)29-11-10-28/h3-7,10-11,14-15,30H,8-9,12-13,28H2,1-2H3,(H,29,31)/p+1/b11-10-. The highest BCUT2D eigenvalue weighted by Crippen LogP contribution is 2.33. The lowest BCUT2D eigenvalue weighted by atomic mass is 9.92. The molecule has 1 saturated heterocycles. The fourth-order valence-corrected chi connectivity index (χ4v) is 4.71. The number of pyridine rings is 1. The zero-order valence-corrected chi connectivity index (χ0v) is 21.1. The molecule has 1 aliphatic rings. The number of nitrogens with one attached hydrogen (secondary N) is 3. The van der Waals surface area contributed by atoms with Gasteiger partial charge in [-0.25, -0.2) is 10.3 Å². The Morgan fingerprint density at radius 2 is 1.97 bits per heavy atom. The van der Waals surface area contributed by atoms with Crippen LogP contribution in [-0.4, -0.2) is 52.0 Å². The van der Waals surface area contributed by atoms with Crippen molar-refractivity contribution in [3.05, 3.63) is 83.6 Å². The van der Waals surface area contributed by atoms with Gasteiger partial charge in [0, 0.05) is 38.0 Å². The molecule has 1 aliphatic heterocycles. The molecule has 194 valence electrons. The smallest absolute Gasteiger partial charge is 0.301 e. The molecule has 0 bridgehead atoms. The molecular weight excluding hydrogens is 486 g/mol. The molecule has 11 nitrogen and oxygen atoms in total. The fourth-order valence-electron chi connectivity index (χ4n) is 4.71. The number of likely N-dealkylation sites (tertiary alicyclic amines) is 1. The molecule has 4 heterocycles. The highest BCUT2D eigenvalue weighted by atomic mass is 16.5. The molecule has 0 atom stereocenters. The summed E-state index contributed by atoms with van der Waals surface area (Å²) < 4.78 is 11.2. The van der Waals surface area contributed by atoms with Gasteiger partial charge in [-0.1, -0.05) is 35.9 Å². The Bertz CT molecular complexity index is 1540. The van der Waals surface area contributed by atoms with Crippen molar-refractivity contribution in [1.29, 1.82) is 0 Å². The van der Waals surface area contributed by atoms with Crippen LogP contribution in [0.3, 0.4) is 0 Å². The molecule has 1 amide bonds. The van der Waals surface area contributed by atoms with Gasteiger partial charge in [0.15, 0.2) is 5.75 Å². The van der Waals surface area contributed by atoms with Crippen LogP contribution in [0.25, 0.3) is 16.5 Å². The number of aryl methyl sites for hydroxylation is 1. The Morgan fingerprint density at radius 3 is 2.63 bits per heavy atom. The number of carbonyl (C=O) groups is 2. The average molecular weight is 515 g/mol. The summed E-state index contributed by atoms with van der Waals surface area (Å²) in [5, 5.41) is 11.7. The van der Waals surface area contributed by atoms with Crippen LogP contribution >= 0.6 is 0 Å². The molecular formula is C27H28N7O4+. The molecule has 3 aromatic heterocycles. The quantitative estimate of drug-likeness (QED) is 0.251. The average Bonchev–Trinajstić information content (AvgIpc) is 3.59. The van der Waals surface area contributed by atoms with Gasteiger partial charge in [0.2, 0.25) is 11.8 Å². The molecule has 38 heavy (non-hydrogen) atoms. The number of hydrogen-bond donors (Lipinski definition) is 3. The number of amides is 1. The molecule has 4 aromatic rings. The summed E-state index contributed by atoms with van der Waals surface area (Å²) in [6.07, 6.45) is 7.20. The number of rotatable bonds is 7. The third kappa shape index (κ3) is 4.61. The predicted octanol–water partition coefficient (Wildman–Crippen LogP) is 2.83. The minimum atomic E-state index is -0.607. The number of anilines is 1. The summed E-state index contributed by atoms with van der Waals surface area (Å²) in [4.78, 5) is 34.4. The van der Waals surface area contributed by atoms with E-state index < -0.39 is 11.7 Å². The van der Waals surface area contributed by atoms with Gasteiger partial charge in [0.05, 0.1) is 18.1 Å². The number of nitrogens with zero attached hydrogens (tertiary/aromatic N) is 3. The number of nitrogens with two attached hydrogens (primary N) is 1. The largest absolute Gasteiger partial charge is 0.492 e. The third-order valence-electron chi connectivity index (χ3n) is 6.52. The molecule has 0 saturated carbocycles. The summed E-state index contributed by atoms with van der Waals surface area (Å²) in [5.74, 6) is 0.778. The minimum absolute atomic E-state index is 0.239. The van der Waals surface area contributed by atoms with Gasteiger partial charge < -0.3 is 24.8 Å². The third-order valence-corrected chi connectivity index (χ3v) is 6.52. The van der Waals surface area contributed by atoms with Gasteiger partial charge in [0.25, 0.3) is 11.7 Å². The summed E-state index contributed by atoms with van der Waals surface area (Å²) in [6, 6.07) is 9.85. The van der Waals surface area contributed by atoms with Crippen LogP contribution in [0.2, 0.25) is 0 Å². The number of hydrogen-bond acceptors (Lipinski definition) is 8. The number of benzene rings is 1. The maximum atomic E-state index is 13.4. The van der Waals surface area contributed by atoms with E-state index in [4.69, 9.17) is 14.9 Å². The Labute approximate surface area is 218 Å². The number of carbonyl (C=O) groups excluding carboxylic acids is 2. The van der Waals surface area contributed by atoms with Crippen molar-refractivity contribution in [3.63, 3.8) is 0 Å². The Morgan fingerprint density at radius 1 is 1.21 bits per heavy atom. The number of piperidine rings is 1. The zero-order valence-electron chi connectivity index (χ0n) is 21.1. The molecule has 0 radical (unpaired) electrons. The Balaban J connectivity index is 1.40. The zero-order chi connectivity index (χ0) is 26.6. The van der Waals surface area contributed by atoms with Crippen molar-refractivity contribution >= 4 is 34.0 Å². The topological polar surface area (TPSA) is 154 Å². The number of aromatic amines is 2. The normalized spacial score (nSPS) is 13.7. The first-order valence-corrected chi connectivity index (χ1v) is 12.2. The lowest BCUT2D eigenvalue weighted by molar-refractivity contribution is -0.360. The molecule has 1 fully saturated rings. The van der Waals surface area contributed by atoms with Crippen LogP contribution in [0.4, 0.5) is 5.82 Å². The minimum Gasteiger partial charge on any atom is -0.492 e. The second kappa shape index (κ2) is 10.6. The first kappa shape index (κ1) is 24.8. The van der Waals surface area contributed by atoms with Gasteiger partial charge in [-0.15, -0.1) is 10.2 Å². The predicted molar refractivity (Wildman–Crippen MR) is 140 cm³/mol. The summed E-state index contributed by atoms with van der Waals surface area (Å²) in [6.45, 7) is 2.54. The fraction of sp³-hybridized carbons (Fsp3) is 0.222. The Hall–Kier alpha value is -4.93. The number of aromatic nitrogens is 4. The van der Waals surface area contributed by atoms with Crippen molar-refractivity contribution in [3.8, 4) is 5.75 Å². The number of methoxy groups -OCH3 is 1. The van der Waals surface area contributed by atoms with E-state index in [1.54, 1.807) is 24.2 Å². The number of H-pyrrole nitrogens is 2. The van der Waals surface area contributed by atoms with E-state index in [0.717, 1.165) is 16.7 Å². The SMILES string of the molecule is COc1c[nH+]c(N/C=C\N)c2[nH]cc(C(=O)C(=O)N3CCC(=C(c4ccccc4)c4nnc(C)o4)CC3)c12. The van der Waals surface area contributed by atoms with Crippen molar-refractivity contribution < 1.29 is 23.7 Å². The molecule has 5 N–H and O–H groups in total. The van der Waals surface area contributed by atoms with E-state index in [1.165, 1.54) is 19.5 Å². The monoisotopic (exact) mass is 514 g/mol.